The number of sulfonamides is 1. The summed E-state index contributed by atoms with van der Waals surface area (Å²) < 4.78 is 27.8. The average Bonchev–Trinajstić information content (AvgIpc) is 3.03. The van der Waals surface area contributed by atoms with Gasteiger partial charge in [-0.3, -0.25) is 0 Å². The monoisotopic (exact) mass is 347 g/mol. The van der Waals surface area contributed by atoms with Crippen molar-refractivity contribution >= 4 is 33.2 Å². The van der Waals surface area contributed by atoms with Crippen LogP contribution in [0, 0.1) is 17.8 Å². The first-order chi connectivity index (χ1) is 9.87. The SMILES string of the molecule is C[C@@H](NS(=O)(=O)c1cc(Cl)ccc1Cl)[C@@H]1C[C@H]2CC[C@H]1C2. The predicted octanol–water partition coefficient (Wildman–Crippen LogP) is 4.10. The van der Waals surface area contributed by atoms with Crippen molar-refractivity contribution in [3.63, 3.8) is 0 Å². The van der Waals surface area contributed by atoms with Gasteiger partial charge in [-0.05, 0) is 62.1 Å². The maximum Gasteiger partial charge on any atom is 0.242 e. The normalized spacial score (nSPS) is 29.8. The highest BCUT2D eigenvalue weighted by molar-refractivity contribution is 7.89. The molecule has 21 heavy (non-hydrogen) atoms. The van der Waals surface area contributed by atoms with Gasteiger partial charge in [0.15, 0.2) is 0 Å². The second-order valence-electron chi connectivity index (χ2n) is 6.32. The molecule has 4 atom stereocenters. The van der Waals surface area contributed by atoms with Crippen molar-refractivity contribution in [2.24, 2.45) is 17.8 Å². The van der Waals surface area contributed by atoms with Crippen LogP contribution in [-0.4, -0.2) is 14.5 Å². The van der Waals surface area contributed by atoms with Crippen LogP contribution in [0.15, 0.2) is 23.1 Å². The van der Waals surface area contributed by atoms with Gasteiger partial charge in [0, 0.05) is 11.1 Å². The molecule has 1 aromatic rings. The molecule has 0 amide bonds. The van der Waals surface area contributed by atoms with Crippen LogP contribution in [0.4, 0.5) is 0 Å². The molecule has 0 aromatic heterocycles. The van der Waals surface area contributed by atoms with Crippen LogP contribution in [0.3, 0.4) is 0 Å². The third-order valence-corrected chi connectivity index (χ3v) is 7.23. The lowest BCUT2D eigenvalue weighted by Gasteiger charge is -2.28. The summed E-state index contributed by atoms with van der Waals surface area (Å²) in [6.45, 7) is 1.96. The van der Waals surface area contributed by atoms with E-state index in [1.807, 2.05) is 6.92 Å². The third kappa shape index (κ3) is 3.09. The van der Waals surface area contributed by atoms with E-state index >= 15 is 0 Å². The van der Waals surface area contributed by atoms with Crippen molar-refractivity contribution in [3.05, 3.63) is 28.2 Å². The molecular weight excluding hydrogens is 329 g/mol. The van der Waals surface area contributed by atoms with Gasteiger partial charge < -0.3 is 0 Å². The minimum absolute atomic E-state index is 0.0617. The van der Waals surface area contributed by atoms with Crippen molar-refractivity contribution in [2.45, 2.75) is 43.5 Å². The molecule has 6 heteroatoms. The van der Waals surface area contributed by atoms with Gasteiger partial charge in [-0.25, -0.2) is 13.1 Å². The van der Waals surface area contributed by atoms with Crippen LogP contribution in [0.2, 0.25) is 10.0 Å². The molecule has 0 heterocycles. The predicted molar refractivity (Wildman–Crippen MR) is 85.2 cm³/mol. The van der Waals surface area contributed by atoms with Gasteiger partial charge in [-0.1, -0.05) is 29.6 Å². The zero-order valence-electron chi connectivity index (χ0n) is 11.9. The van der Waals surface area contributed by atoms with E-state index in [0.717, 1.165) is 12.3 Å². The zero-order valence-corrected chi connectivity index (χ0v) is 14.2. The maximum absolute atomic E-state index is 12.5. The van der Waals surface area contributed by atoms with E-state index < -0.39 is 10.0 Å². The van der Waals surface area contributed by atoms with Crippen molar-refractivity contribution in [1.82, 2.24) is 4.72 Å². The molecule has 3 rings (SSSR count). The Labute approximate surface area is 136 Å². The fraction of sp³-hybridized carbons (Fsp3) is 0.600. The molecule has 2 fully saturated rings. The molecule has 116 valence electrons. The van der Waals surface area contributed by atoms with Crippen LogP contribution in [0.5, 0.6) is 0 Å². The molecule has 0 unspecified atom stereocenters. The minimum Gasteiger partial charge on any atom is -0.208 e. The molecule has 0 spiro atoms. The number of rotatable bonds is 4. The van der Waals surface area contributed by atoms with Gasteiger partial charge >= 0.3 is 0 Å². The van der Waals surface area contributed by atoms with Crippen LogP contribution in [-0.2, 0) is 10.0 Å². The van der Waals surface area contributed by atoms with Crippen LogP contribution in [0.1, 0.15) is 32.6 Å². The Morgan fingerprint density at radius 3 is 2.62 bits per heavy atom. The molecule has 2 aliphatic carbocycles. The average molecular weight is 348 g/mol. The second-order valence-corrected chi connectivity index (χ2v) is 8.85. The molecule has 0 aliphatic heterocycles. The minimum atomic E-state index is -3.63. The number of halogens is 2. The molecular formula is C15H19Cl2NO2S. The van der Waals surface area contributed by atoms with Gasteiger partial charge in [-0.15, -0.1) is 0 Å². The van der Waals surface area contributed by atoms with Crippen molar-refractivity contribution in [1.29, 1.82) is 0 Å². The number of hydrogen-bond acceptors (Lipinski definition) is 2. The number of hydrogen-bond donors (Lipinski definition) is 1. The van der Waals surface area contributed by atoms with Gasteiger partial charge in [0.25, 0.3) is 0 Å². The Kier molecular flexibility index (Phi) is 4.25. The molecule has 0 radical (unpaired) electrons. The van der Waals surface area contributed by atoms with E-state index in [1.165, 1.54) is 31.4 Å². The molecule has 3 nitrogen and oxygen atoms in total. The van der Waals surface area contributed by atoms with E-state index in [9.17, 15) is 8.42 Å². The van der Waals surface area contributed by atoms with Gasteiger partial charge in [0.2, 0.25) is 10.0 Å². The van der Waals surface area contributed by atoms with Crippen molar-refractivity contribution in [3.8, 4) is 0 Å². The van der Waals surface area contributed by atoms with Gasteiger partial charge in [0.1, 0.15) is 4.90 Å². The highest BCUT2D eigenvalue weighted by Crippen LogP contribution is 2.49. The van der Waals surface area contributed by atoms with E-state index in [1.54, 1.807) is 6.07 Å². The fourth-order valence-corrected chi connectivity index (χ4v) is 6.04. The molecule has 2 bridgehead atoms. The summed E-state index contributed by atoms with van der Waals surface area (Å²) in [6, 6.07) is 4.43. The lowest BCUT2D eigenvalue weighted by atomic mass is 9.84. The summed E-state index contributed by atoms with van der Waals surface area (Å²) in [6.07, 6.45) is 4.94. The summed E-state index contributed by atoms with van der Waals surface area (Å²) in [7, 11) is -3.63. The first-order valence-electron chi connectivity index (χ1n) is 7.34. The first kappa shape index (κ1) is 15.6. The smallest absolute Gasteiger partial charge is 0.208 e. The Morgan fingerprint density at radius 1 is 1.24 bits per heavy atom. The second kappa shape index (κ2) is 5.73. The molecule has 2 saturated carbocycles. The Hall–Kier alpha value is -0.290. The largest absolute Gasteiger partial charge is 0.242 e. The van der Waals surface area contributed by atoms with Gasteiger partial charge in [-0.2, -0.15) is 0 Å². The summed E-state index contributed by atoms with van der Waals surface area (Å²) in [5.41, 5.74) is 0. The lowest BCUT2D eigenvalue weighted by molar-refractivity contribution is 0.280. The highest BCUT2D eigenvalue weighted by Gasteiger charge is 2.42. The van der Waals surface area contributed by atoms with Crippen LogP contribution in [0.25, 0.3) is 0 Å². The van der Waals surface area contributed by atoms with Crippen molar-refractivity contribution < 1.29 is 8.42 Å². The Morgan fingerprint density at radius 2 is 2.00 bits per heavy atom. The summed E-state index contributed by atoms with van der Waals surface area (Å²) in [4.78, 5) is 0.0617. The molecule has 1 N–H and O–H groups in total. The van der Waals surface area contributed by atoms with Crippen LogP contribution < -0.4 is 4.72 Å². The van der Waals surface area contributed by atoms with Gasteiger partial charge in [0.05, 0.1) is 5.02 Å². The summed E-state index contributed by atoms with van der Waals surface area (Å²) in [5, 5.41) is 0.569. The Balaban J connectivity index is 1.78. The summed E-state index contributed by atoms with van der Waals surface area (Å²) >= 11 is 11.9. The van der Waals surface area contributed by atoms with E-state index in [2.05, 4.69) is 4.72 Å². The Bertz CT molecular complexity index is 647. The first-order valence-corrected chi connectivity index (χ1v) is 9.58. The molecule has 0 saturated heterocycles. The standard InChI is InChI=1S/C15H19Cl2NO2S/c1-9(13-7-10-2-3-11(13)6-10)18-21(19,20)15-8-12(16)4-5-14(15)17/h4-5,8-11,13,18H,2-3,6-7H2,1H3/t9-,10+,11+,13+/m1/s1. The number of benzene rings is 1. The molecule has 2 aliphatic rings. The number of nitrogens with one attached hydrogen (secondary N) is 1. The van der Waals surface area contributed by atoms with E-state index in [4.69, 9.17) is 23.2 Å². The van der Waals surface area contributed by atoms with E-state index in [-0.39, 0.29) is 16.0 Å². The van der Waals surface area contributed by atoms with Crippen molar-refractivity contribution in [2.75, 3.05) is 0 Å². The fourth-order valence-electron chi connectivity index (χ4n) is 3.99. The zero-order chi connectivity index (χ0) is 15.2. The maximum atomic E-state index is 12.5. The van der Waals surface area contributed by atoms with E-state index in [0.29, 0.717) is 16.9 Å². The quantitative estimate of drug-likeness (QED) is 0.891. The lowest BCUT2D eigenvalue weighted by Crippen LogP contribution is -2.40. The highest BCUT2D eigenvalue weighted by atomic mass is 35.5. The van der Waals surface area contributed by atoms with Crippen LogP contribution >= 0.6 is 23.2 Å². The molecule has 1 aromatic carbocycles. The topological polar surface area (TPSA) is 46.2 Å². The summed E-state index contributed by atoms with van der Waals surface area (Å²) in [5.74, 6) is 1.90. The number of fused-ring (bicyclic) bond motifs is 2. The third-order valence-electron chi connectivity index (χ3n) is 4.96.